The van der Waals surface area contributed by atoms with Crippen molar-refractivity contribution in [1.29, 1.82) is 0 Å². The quantitative estimate of drug-likeness (QED) is 0.671. The minimum Gasteiger partial charge on any atom is -0.444 e. The third-order valence-electron chi connectivity index (χ3n) is 2.93. The van der Waals surface area contributed by atoms with E-state index in [9.17, 15) is 14.4 Å². The highest BCUT2D eigenvalue weighted by Gasteiger charge is 2.26. The van der Waals surface area contributed by atoms with E-state index >= 15 is 0 Å². The highest BCUT2D eigenvalue weighted by molar-refractivity contribution is 5.87. The van der Waals surface area contributed by atoms with Crippen LogP contribution in [0.25, 0.3) is 0 Å². The smallest absolute Gasteiger partial charge is 0.408 e. The molecule has 0 aromatic carbocycles. The van der Waals surface area contributed by atoms with Crippen LogP contribution in [0.1, 0.15) is 61.3 Å². The normalized spacial score (nSPS) is 14.3. The van der Waals surface area contributed by atoms with Crippen LogP contribution in [0.2, 0.25) is 0 Å². The summed E-state index contributed by atoms with van der Waals surface area (Å²) in [5.41, 5.74) is -0.633. The number of amides is 2. The van der Waals surface area contributed by atoms with Gasteiger partial charge in [0.15, 0.2) is 0 Å². The first-order chi connectivity index (χ1) is 10.4. The van der Waals surface area contributed by atoms with E-state index in [0.717, 1.165) is 6.29 Å². The number of ether oxygens (including phenoxy) is 1. The molecule has 0 aromatic rings. The molecule has 0 aromatic heterocycles. The largest absolute Gasteiger partial charge is 0.444 e. The molecule has 0 heterocycles. The lowest BCUT2D eigenvalue weighted by Crippen LogP contribution is -2.51. The maximum absolute atomic E-state index is 12.4. The Bertz CT molecular complexity index is 400. The Labute approximate surface area is 139 Å². The fourth-order valence-corrected chi connectivity index (χ4v) is 2.09. The van der Waals surface area contributed by atoms with Crippen LogP contribution in [-0.4, -0.2) is 36.0 Å². The van der Waals surface area contributed by atoms with Crippen molar-refractivity contribution >= 4 is 18.3 Å². The van der Waals surface area contributed by atoms with Gasteiger partial charge in [-0.15, -0.1) is 0 Å². The lowest BCUT2D eigenvalue weighted by atomic mass is 10.0. The van der Waals surface area contributed by atoms with Gasteiger partial charge in [0.1, 0.15) is 17.9 Å². The van der Waals surface area contributed by atoms with Crippen molar-refractivity contribution in [2.75, 3.05) is 0 Å². The minimum atomic E-state index is -0.723. The van der Waals surface area contributed by atoms with Gasteiger partial charge in [-0.2, -0.15) is 0 Å². The summed E-state index contributed by atoms with van der Waals surface area (Å²) >= 11 is 0. The van der Waals surface area contributed by atoms with E-state index in [0.29, 0.717) is 12.8 Å². The van der Waals surface area contributed by atoms with Gasteiger partial charge in [-0.25, -0.2) is 4.79 Å². The van der Waals surface area contributed by atoms with Crippen LogP contribution in [0, 0.1) is 11.8 Å². The fourth-order valence-electron chi connectivity index (χ4n) is 2.09. The zero-order valence-corrected chi connectivity index (χ0v) is 15.4. The average Bonchev–Trinajstić information content (AvgIpc) is 2.33. The van der Waals surface area contributed by atoms with Gasteiger partial charge in [0.2, 0.25) is 5.91 Å². The Morgan fingerprint density at radius 3 is 1.91 bits per heavy atom. The summed E-state index contributed by atoms with van der Waals surface area (Å²) < 4.78 is 5.20. The molecule has 2 N–H and O–H groups in total. The fraction of sp³-hybridized carbons (Fsp3) is 0.824. The van der Waals surface area contributed by atoms with Crippen LogP contribution in [-0.2, 0) is 14.3 Å². The summed E-state index contributed by atoms with van der Waals surface area (Å²) in [6.45, 7) is 13.2. The van der Waals surface area contributed by atoms with E-state index in [-0.39, 0.29) is 17.7 Å². The van der Waals surface area contributed by atoms with Crippen LogP contribution in [0.15, 0.2) is 0 Å². The molecule has 0 aliphatic carbocycles. The monoisotopic (exact) mass is 328 g/mol. The van der Waals surface area contributed by atoms with Gasteiger partial charge < -0.3 is 20.2 Å². The Morgan fingerprint density at radius 2 is 1.52 bits per heavy atom. The first kappa shape index (κ1) is 21.4. The second kappa shape index (κ2) is 9.53. The van der Waals surface area contributed by atoms with Crippen LogP contribution in [0.5, 0.6) is 0 Å². The summed E-state index contributed by atoms with van der Waals surface area (Å²) in [5.74, 6) is 0.135. The van der Waals surface area contributed by atoms with E-state index in [1.165, 1.54) is 0 Å². The van der Waals surface area contributed by atoms with Crippen LogP contribution >= 0.6 is 0 Å². The molecule has 0 bridgehead atoms. The molecule has 134 valence electrons. The van der Waals surface area contributed by atoms with Gasteiger partial charge in [0.25, 0.3) is 0 Å². The Kier molecular flexibility index (Phi) is 8.87. The van der Waals surface area contributed by atoms with Crippen LogP contribution in [0.3, 0.4) is 0 Å². The van der Waals surface area contributed by atoms with Gasteiger partial charge in [-0.1, -0.05) is 27.7 Å². The maximum atomic E-state index is 12.4. The third kappa shape index (κ3) is 10.7. The van der Waals surface area contributed by atoms with Gasteiger partial charge in [0.05, 0.1) is 6.04 Å². The molecule has 2 atom stereocenters. The summed E-state index contributed by atoms with van der Waals surface area (Å²) in [5, 5.41) is 5.29. The van der Waals surface area contributed by atoms with Gasteiger partial charge in [-0.05, 0) is 45.4 Å². The highest BCUT2D eigenvalue weighted by atomic mass is 16.6. The average molecular weight is 328 g/mol. The molecule has 0 aliphatic heterocycles. The van der Waals surface area contributed by atoms with Gasteiger partial charge in [-0.3, -0.25) is 4.79 Å². The number of alkyl carbamates (subject to hydrolysis) is 1. The number of carbonyl (C=O) groups is 3. The number of rotatable bonds is 8. The number of hydrogen-bond acceptors (Lipinski definition) is 4. The van der Waals surface area contributed by atoms with E-state index in [4.69, 9.17) is 4.74 Å². The topological polar surface area (TPSA) is 84.5 Å². The van der Waals surface area contributed by atoms with Crippen LogP contribution in [0.4, 0.5) is 4.79 Å². The first-order valence-electron chi connectivity index (χ1n) is 8.19. The second-order valence-corrected chi connectivity index (χ2v) is 7.71. The molecular formula is C17H32N2O4. The molecule has 0 rings (SSSR count). The van der Waals surface area contributed by atoms with Crippen molar-refractivity contribution in [3.8, 4) is 0 Å². The summed E-state index contributed by atoms with van der Waals surface area (Å²) in [4.78, 5) is 35.4. The van der Waals surface area contributed by atoms with Gasteiger partial charge >= 0.3 is 6.09 Å². The minimum absolute atomic E-state index is 0.209. The van der Waals surface area contributed by atoms with Crippen molar-refractivity contribution in [3.05, 3.63) is 0 Å². The number of aldehydes is 1. The van der Waals surface area contributed by atoms with E-state index in [1.807, 2.05) is 27.7 Å². The Hall–Kier alpha value is -1.59. The first-order valence-corrected chi connectivity index (χ1v) is 8.19. The van der Waals surface area contributed by atoms with Gasteiger partial charge in [0, 0.05) is 0 Å². The molecule has 6 nitrogen and oxygen atoms in total. The molecule has 0 radical (unpaired) electrons. The Morgan fingerprint density at radius 1 is 1.00 bits per heavy atom. The molecule has 0 spiro atoms. The Balaban J connectivity index is 4.84. The van der Waals surface area contributed by atoms with Crippen molar-refractivity contribution < 1.29 is 19.1 Å². The summed E-state index contributed by atoms with van der Waals surface area (Å²) in [7, 11) is 0. The standard InChI is InChI=1S/C17H32N2O4/c1-11(2)8-13(10-20)18-15(21)14(9-12(3)4)19-16(22)23-17(5,6)7/h10-14H,8-9H2,1-7H3,(H,18,21)(H,19,22). The van der Waals surface area contributed by atoms with Crippen molar-refractivity contribution in [2.24, 2.45) is 11.8 Å². The SMILES string of the molecule is CC(C)CC(C=O)NC(=O)C(CC(C)C)NC(=O)OC(C)(C)C. The molecule has 0 aliphatic rings. The van der Waals surface area contributed by atoms with Crippen molar-refractivity contribution in [3.63, 3.8) is 0 Å². The predicted molar refractivity (Wildman–Crippen MR) is 90.1 cm³/mol. The highest BCUT2D eigenvalue weighted by Crippen LogP contribution is 2.10. The van der Waals surface area contributed by atoms with Crippen molar-refractivity contribution in [1.82, 2.24) is 10.6 Å². The number of hydrogen-bond donors (Lipinski definition) is 2. The van der Waals surface area contributed by atoms with Crippen molar-refractivity contribution in [2.45, 2.75) is 79.0 Å². The summed E-state index contributed by atoms with van der Waals surface area (Å²) in [6, 6.07) is -1.27. The number of nitrogens with one attached hydrogen (secondary N) is 2. The molecule has 0 saturated heterocycles. The second-order valence-electron chi connectivity index (χ2n) is 7.71. The van der Waals surface area contributed by atoms with E-state index in [1.54, 1.807) is 20.8 Å². The number of carbonyl (C=O) groups excluding carboxylic acids is 3. The molecule has 2 amide bonds. The zero-order valence-electron chi connectivity index (χ0n) is 15.4. The van der Waals surface area contributed by atoms with E-state index < -0.39 is 23.8 Å². The van der Waals surface area contributed by atoms with E-state index in [2.05, 4.69) is 10.6 Å². The molecule has 2 unspecified atom stereocenters. The molecule has 23 heavy (non-hydrogen) atoms. The lowest BCUT2D eigenvalue weighted by Gasteiger charge is -2.25. The molecular weight excluding hydrogens is 296 g/mol. The molecule has 0 saturated carbocycles. The predicted octanol–water partition coefficient (Wildman–Crippen LogP) is 2.66. The summed E-state index contributed by atoms with van der Waals surface area (Å²) in [6.07, 6.45) is 1.14. The maximum Gasteiger partial charge on any atom is 0.408 e. The lowest BCUT2D eigenvalue weighted by molar-refractivity contribution is -0.126. The molecule has 0 fully saturated rings. The van der Waals surface area contributed by atoms with Crippen LogP contribution < -0.4 is 10.6 Å². The third-order valence-corrected chi connectivity index (χ3v) is 2.93. The molecule has 6 heteroatoms. The zero-order chi connectivity index (χ0) is 18.2.